The molecule has 1 aliphatic heterocycles. The number of phenols is 1. The first-order valence-electron chi connectivity index (χ1n) is 9.26. The monoisotopic (exact) mass is 383 g/mol. The number of aromatic hydroxyl groups is 1. The van der Waals surface area contributed by atoms with Crippen molar-refractivity contribution >= 4 is 12.1 Å². The van der Waals surface area contributed by atoms with Gasteiger partial charge in [0.25, 0.3) is 0 Å². The molecule has 148 valence electrons. The van der Waals surface area contributed by atoms with Crippen LogP contribution in [0.1, 0.15) is 43.5 Å². The van der Waals surface area contributed by atoms with Crippen LogP contribution in [0.4, 0.5) is 4.79 Å². The van der Waals surface area contributed by atoms with Gasteiger partial charge in [0.05, 0.1) is 0 Å². The maximum atomic E-state index is 13.0. The molecule has 0 saturated heterocycles. The predicted octanol–water partition coefficient (Wildman–Crippen LogP) is 3.97. The van der Waals surface area contributed by atoms with E-state index in [1.165, 1.54) is 11.0 Å². The van der Waals surface area contributed by atoms with E-state index >= 15 is 0 Å². The molecule has 28 heavy (non-hydrogen) atoms. The van der Waals surface area contributed by atoms with Gasteiger partial charge in [-0.3, -0.25) is 4.90 Å². The van der Waals surface area contributed by atoms with Crippen molar-refractivity contribution in [3.05, 3.63) is 65.2 Å². The second kappa shape index (κ2) is 7.92. The molecule has 1 unspecified atom stereocenters. The summed E-state index contributed by atoms with van der Waals surface area (Å²) in [6.45, 7) is 5.76. The normalized spacial score (nSPS) is 16.2. The van der Waals surface area contributed by atoms with Crippen LogP contribution < -0.4 is 0 Å². The van der Waals surface area contributed by atoms with Crippen LogP contribution in [0.25, 0.3) is 0 Å². The number of rotatable bonds is 3. The number of carbonyl (C=O) groups is 2. The van der Waals surface area contributed by atoms with Crippen molar-refractivity contribution in [2.24, 2.45) is 0 Å². The predicted molar refractivity (Wildman–Crippen MR) is 104 cm³/mol. The van der Waals surface area contributed by atoms with Gasteiger partial charge in [-0.2, -0.15) is 0 Å². The largest absolute Gasteiger partial charge is 0.508 e. The van der Waals surface area contributed by atoms with E-state index in [9.17, 15) is 14.7 Å². The molecule has 0 bridgehead atoms. The van der Waals surface area contributed by atoms with Gasteiger partial charge in [-0.1, -0.05) is 36.4 Å². The maximum absolute atomic E-state index is 13.0. The summed E-state index contributed by atoms with van der Waals surface area (Å²) < 4.78 is 11.0. The molecule has 6 heteroatoms. The van der Waals surface area contributed by atoms with Crippen LogP contribution in [0.2, 0.25) is 0 Å². The highest BCUT2D eigenvalue weighted by Gasteiger charge is 2.39. The number of ether oxygens (including phenoxy) is 2. The Morgan fingerprint density at radius 1 is 1.14 bits per heavy atom. The van der Waals surface area contributed by atoms with Crippen LogP contribution in [-0.2, 0) is 27.3 Å². The zero-order valence-electron chi connectivity index (χ0n) is 16.3. The molecule has 1 amide bonds. The number of fused-ring (bicyclic) bond motifs is 1. The zero-order valence-corrected chi connectivity index (χ0v) is 16.3. The fraction of sp³-hybridized carbons (Fsp3) is 0.364. The first-order valence-corrected chi connectivity index (χ1v) is 9.26. The maximum Gasteiger partial charge on any atom is 0.411 e. The van der Waals surface area contributed by atoms with E-state index in [-0.39, 0.29) is 12.4 Å². The lowest BCUT2D eigenvalue weighted by Gasteiger charge is -2.36. The summed E-state index contributed by atoms with van der Waals surface area (Å²) in [5.41, 5.74) is 1.63. The number of carbonyl (C=O) groups excluding carboxylic acids is 2. The third kappa shape index (κ3) is 4.63. The Morgan fingerprint density at radius 3 is 2.54 bits per heavy atom. The number of esters is 1. The lowest BCUT2D eigenvalue weighted by Crippen LogP contribution is -2.46. The number of amides is 1. The second-order valence-corrected chi connectivity index (χ2v) is 7.80. The lowest BCUT2D eigenvalue weighted by molar-refractivity contribution is -0.152. The van der Waals surface area contributed by atoms with Crippen LogP contribution in [-0.4, -0.2) is 34.2 Å². The number of nitrogens with zero attached hydrogens (tertiary/aromatic N) is 1. The number of hydrogen-bond acceptors (Lipinski definition) is 5. The Morgan fingerprint density at radius 2 is 1.86 bits per heavy atom. The molecule has 0 saturated carbocycles. The third-order valence-electron chi connectivity index (χ3n) is 4.43. The van der Waals surface area contributed by atoms with Gasteiger partial charge in [0.2, 0.25) is 0 Å². The first kappa shape index (κ1) is 19.7. The Labute approximate surface area is 164 Å². The molecule has 0 fully saturated rings. The average Bonchev–Trinajstić information content (AvgIpc) is 2.64. The highest BCUT2D eigenvalue weighted by molar-refractivity contribution is 5.84. The molecule has 2 aromatic rings. The van der Waals surface area contributed by atoms with E-state index in [0.717, 1.165) is 11.1 Å². The summed E-state index contributed by atoms with van der Waals surface area (Å²) in [5.74, 6) is -0.521. The Hall–Kier alpha value is -3.02. The van der Waals surface area contributed by atoms with Gasteiger partial charge in [-0.05, 0) is 56.0 Å². The Kier molecular flexibility index (Phi) is 5.58. The molecule has 2 aromatic carbocycles. The summed E-state index contributed by atoms with van der Waals surface area (Å²) in [4.78, 5) is 27.1. The first-order chi connectivity index (χ1) is 13.2. The van der Waals surface area contributed by atoms with Crippen molar-refractivity contribution in [1.29, 1.82) is 0 Å². The van der Waals surface area contributed by atoms with Gasteiger partial charge in [0.15, 0.2) is 6.04 Å². The van der Waals surface area contributed by atoms with E-state index in [4.69, 9.17) is 9.47 Å². The summed E-state index contributed by atoms with van der Waals surface area (Å²) in [6.07, 6.45) is -0.0136. The van der Waals surface area contributed by atoms with Crippen LogP contribution in [0.15, 0.2) is 48.5 Å². The van der Waals surface area contributed by atoms with Crippen molar-refractivity contribution in [3.63, 3.8) is 0 Å². The van der Waals surface area contributed by atoms with Crippen LogP contribution in [0.3, 0.4) is 0 Å². The van der Waals surface area contributed by atoms with E-state index in [0.29, 0.717) is 18.5 Å². The number of hydrogen-bond donors (Lipinski definition) is 1. The molecule has 0 spiro atoms. The standard InChI is InChI=1S/C22H25NO5/c1-22(2,3)28-21(26)23-12-11-16-9-10-17(24)13-18(16)19(23)20(25)27-14-15-7-5-4-6-8-15/h4-10,13,19,24H,11-12,14H2,1-3H3. The van der Waals surface area contributed by atoms with Gasteiger partial charge in [-0.15, -0.1) is 0 Å². The summed E-state index contributed by atoms with van der Waals surface area (Å²) in [7, 11) is 0. The van der Waals surface area contributed by atoms with Crippen LogP contribution in [0, 0.1) is 0 Å². The SMILES string of the molecule is CC(C)(C)OC(=O)N1CCc2ccc(O)cc2C1C(=O)OCc1ccccc1. The molecule has 0 aromatic heterocycles. The number of phenolic OH excluding ortho intramolecular Hbond substituents is 1. The van der Waals surface area contributed by atoms with E-state index in [2.05, 4.69) is 0 Å². The van der Waals surface area contributed by atoms with Gasteiger partial charge in [0.1, 0.15) is 18.0 Å². The zero-order chi connectivity index (χ0) is 20.3. The fourth-order valence-corrected chi connectivity index (χ4v) is 3.18. The Bertz CT molecular complexity index is 857. The fourth-order valence-electron chi connectivity index (χ4n) is 3.18. The molecule has 0 aliphatic carbocycles. The van der Waals surface area contributed by atoms with E-state index < -0.39 is 23.7 Å². The smallest absolute Gasteiger partial charge is 0.411 e. The van der Waals surface area contributed by atoms with Gasteiger partial charge in [-0.25, -0.2) is 9.59 Å². The van der Waals surface area contributed by atoms with Crippen molar-refractivity contribution < 1.29 is 24.2 Å². The molecular weight excluding hydrogens is 358 g/mol. The lowest BCUT2D eigenvalue weighted by atomic mass is 9.92. The van der Waals surface area contributed by atoms with E-state index in [1.807, 2.05) is 30.3 Å². The quantitative estimate of drug-likeness (QED) is 0.812. The minimum atomic E-state index is -0.964. The van der Waals surface area contributed by atoms with Gasteiger partial charge in [0, 0.05) is 6.54 Å². The van der Waals surface area contributed by atoms with Crippen molar-refractivity contribution in [2.45, 2.75) is 45.4 Å². The molecule has 0 radical (unpaired) electrons. The highest BCUT2D eigenvalue weighted by atomic mass is 16.6. The van der Waals surface area contributed by atoms with E-state index in [1.54, 1.807) is 32.9 Å². The molecule has 1 N–H and O–H groups in total. The van der Waals surface area contributed by atoms with Crippen molar-refractivity contribution in [3.8, 4) is 5.75 Å². The minimum Gasteiger partial charge on any atom is -0.508 e. The Balaban J connectivity index is 1.87. The van der Waals surface area contributed by atoms with Crippen molar-refractivity contribution in [2.75, 3.05) is 6.54 Å². The van der Waals surface area contributed by atoms with Crippen molar-refractivity contribution in [1.82, 2.24) is 4.90 Å². The molecule has 3 rings (SSSR count). The highest BCUT2D eigenvalue weighted by Crippen LogP contribution is 2.34. The van der Waals surface area contributed by atoms with Crippen LogP contribution in [0.5, 0.6) is 5.75 Å². The summed E-state index contributed by atoms with van der Waals surface area (Å²) in [6, 6.07) is 13.2. The van der Waals surface area contributed by atoms with Crippen LogP contribution >= 0.6 is 0 Å². The topological polar surface area (TPSA) is 76.1 Å². The second-order valence-electron chi connectivity index (χ2n) is 7.80. The van der Waals surface area contributed by atoms with Gasteiger partial charge >= 0.3 is 12.1 Å². The average molecular weight is 383 g/mol. The molecule has 1 atom stereocenters. The summed E-state index contributed by atoms with van der Waals surface area (Å²) in [5, 5.41) is 9.92. The third-order valence-corrected chi connectivity index (χ3v) is 4.43. The molecular formula is C22H25NO5. The molecule has 6 nitrogen and oxygen atoms in total. The minimum absolute atomic E-state index is 0.0330. The molecule has 1 aliphatic rings. The summed E-state index contributed by atoms with van der Waals surface area (Å²) >= 11 is 0. The van der Waals surface area contributed by atoms with Gasteiger partial charge < -0.3 is 14.6 Å². The number of benzene rings is 2. The molecule has 1 heterocycles.